The molecule has 0 amide bonds. The van der Waals surface area contributed by atoms with Gasteiger partial charge in [-0.1, -0.05) is 6.07 Å². The molecule has 0 bridgehead atoms. The highest BCUT2D eigenvalue weighted by Crippen LogP contribution is 2.22. The minimum Gasteiger partial charge on any atom is -0.481 e. The van der Waals surface area contributed by atoms with E-state index >= 15 is 0 Å². The van der Waals surface area contributed by atoms with E-state index in [1.807, 2.05) is 25.1 Å². The number of piperidine rings is 1. The molecule has 1 fully saturated rings. The summed E-state index contributed by atoms with van der Waals surface area (Å²) >= 11 is 0. The lowest BCUT2D eigenvalue weighted by molar-refractivity contribution is -0.138. The maximum absolute atomic E-state index is 10.8. The molecule has 4 nitrogen and oxygen atoms in total. The SMILES string of the molecule is Cc1cc(C#N)ccc1CN1CCCC(CC(=O)O)C1. The molecular formula is C16H20N2O2. The summed E-state index contributed by atoms with van der Waals surface area (Å²) in [5, 5.41) is 17.8. The quantitative estimate of drug-likeness (QED) is 0.915. The summed E-state index contributed by atoms with van der Waals surface area (Å²) in [6, 6.07) is 7.92. The number of nitriles is 1. The molecule has 1 aromatic rings. The number of nitrogens with zero attached hydrogens (tertiary/aromatic N) is 2. The van der Waals surface area contributed by atoms with Crippen LogP contribution in [0.15, 0.2) is 18.2 Å². The molecule has 2 rings (SSSR count). The molecule has 0 aliphatic carbocycles. The van der Waals surface area contributed by atoms with E-state index in [1.54, 1.807) is 0 Å². The van der Waals surface area contributed by atoms with Gasteiger partial charge in [-0.3, -0.25) is 9.69 Å². The van der Waals surface area contributed by atoms with Gasteiger partial charge in [0.2, 0.25) is 0 Å². The number of carbonyl (C=O) groups is 1. The van der Waals surface area contributed by atoms with Gasteiger partial charge in [-0.2, -0.15) is 5.26 Å². The summed E-state index contributed by atoms with van der Waals surface area (Å²) in [5.74, 6) is -0.439. The lowest BCUT2D eigenvalue weighted by atomic mass is 9.94. The molecular weight excluding hydrogens is 252 g/mol. The van der Waals surface area contributed by atoms with Gasteiger partial charge in [0.25, 0.3) is 0 Å². The number of aliphatic carboxylic acids is 1. The average molecular weight is 272 g/mol. The summed E-state index contributed by atoms with van der Waals surface area (Å²) in [6.45, 7) is 4.74. The first-order valence-corrected chi connectivity index (χ1v) is 7.02. The Kier molecular flexibility index (Phi) is 4.75. The smallest absolute Gasteiger partial charge is 0.303 e. The predicted octanol–water partition coefficient (Wildman–Crippen LogP) is 2.55. The van der Waals surface area contributed by atoms with Crippen molar-refractivity contribution in [2.45, 2.75) is 32.7 Å². The molecule has 1 atom stereocenters. The molecule has 0 aromatic heterocycles. The molecule has 0 spiro atoms. The van der Waals surface area contributed by atoms with Crippen molar-refractivity contribution in [1.82, 2.24) is 4.90 Å². The van der Waals surface area contributed by atoms with E-state index in [0.717, 1.165) is 38.0 Å². The van der Waals surface area contributed by atoms with Crippen LogP contribution in [0.4, 0.5) is 0 Å². The largest absolute Gasteiger partial charge is 0.481 e. The molecule has 0 saturated carbocycles. The maximum atomic E-state index is 10.8. The molecule has 1 aliphatic rings. The Labute approximate surface area is 119 Å². The van der Waals surface area contributed by atoms with Gasteiger partial charge in [-0.25, -0.2) is 0 Å². The van der Waals surface area contributed by atoms with Crippen LogP contribution in [-0.4, -0.2) is 29.1 Å². The van der Waals surface area contributed by atoms with Gasteiger partial charge < -0.3 is 5.11 Å². The summed E-state index contributed by atoms with van der Waals surface area (Å²) in [4.78, 5) is 13.1. The Bertz CT molecular complexity index is 534. The fourth-order valence-electron chi connectivity index (χ4n) is 2.89. The molecule has 1 saturated heterocycles. The van der Waals surface area contributed by atoms with Crippen molar-refractivity contribution >= 4 is 5.97 Å². The number of rotatable bonds is 4. The first-order valence-electron chi connectivity index (χ1n) is 7.02. The van der Waals surface area contributed by atoms with E-state index in [9.17, 15) is 4.79 Å². The number of carboxylic acids is 1. The Morgan fingerprint density at radius 2 is 2.35 bits per heavy atom. The molecule has 1 unspecified atom stereocenters. The average Bonchev–Trinajstić information content (AvgIpc) is 2.41. The van der Waals surface area contributed by atoms with Gasteiger partial charge in [-0.05, 0) is 55.5 Å². The highest BCUT2D eigenvalue weighted by atomic mass is 16.4. The van der Waals surface area contributed by atoms with Crippen LogP contribution in [-0.2, 0) is 11.3 Å². The van der Waals surface area contributed by atoms with Gasteiger partial charge in [0.15, 0.2) is 0 Å². The summed E-state index contributed by atoms with van der Waals surface area (Å²) in [7, 11) is 0. The Balaban J connectivity index is 1.99. The molecule has 0 radical (unpaired) electrons. The zero-order valence-corrected chi connectivity index (χ0v) is 11.8. The van der Waals surface area contributed by atoms with Crippen LogP contribution in [0.1, 0.15) is 36.0 Å². The highest BCUT2D eigenvalue weighted by molar-refractivity contribution is 5.67. The monoisotopic (exact) mass is 272 g/mol. The van der Waals surface area contributed by atoms with Crippen LogP contribution >= 0.6 is 0 Å². The van der Waals surface area contributed by atoms with Crippen molar-refractivity contribution in [3.8, 4) is 6.07 Å². The number of hydrogen-bond acceptors (Lipinski definition) is 3. The van der Waals surface area contributed by atoms with Gasteiger partial charge in [-0.15, -0.1) is 0 Å². The zero-order chi connectivity index (χ0) is 14.5. The van der Waals surface area contributed by atoms with E-state index in [0.29, 0.717) is 5.56 Å². The predicted molar refractivity (Wildman–Crippen MR) is 76.1 cm³/mol. The van der Waals surface area contributed by atoms with Crippen molar-refractivity contribution < 1.29 is 9.90 Å². The molecule has 4 heteroatoms. The van der Waals surface area contributed by atoms with Crippen molar-refractivity contribution in [3.63, 3.8) is 0 Å². The van der Waals surface area contributed by atoms with Gasteiger partial charge in [0.05, 0.1) is 11.6 Å². The Morgan fingerprint density at radius 3 is 3.00 bits per heavy atom. The van der Waals surface area contributed by atoms with Crippen LogP contribution in [0.5, 0.6) is 0 Å². The molecule has 1 heterocycles. The lowest BCUT2D eigenvalue weighted by Gasteiger charge is -2.32. The van der Waals surface area contributed by atoms with Crippen molar-refractivity contribution in [3.05, 3.63) is 34.9 Å². The van der Waals surface area contributed by atoms with Crippen LogP contribution in [0.25, 0.3) is 0 Å². The number of carboxylic acid groups (broad SMARTS) is 1. The van der Waals surface area contributed by atoms with Crippen molar-refractivity contribution in [2.75, 3.05) is 13.1 Å². The highest BCUT2D eigenvalue weighted by Gasteiger charge is 2.22. The van der Waals surface area contributed by atoms with Crippen LogP contribution in [0.2, 0.25) is 0 Å². The second-order valence-corrected chi connectivity index (χ2v) is 5.59. The standard InChI is InChI=1S/C16H20N2O2/c1-12-7-13(9-17)4-5-15(12)11-18-6-2-3-14(10-18)8-16(19)20/h4-5,7,14H,2-3,6,8,10-11H2,1H3,(H,19,20). The first kappa shape index (κ1) is 14.5. The van der Waals surface area contributed by atoms with Crippen LogP contribution in [0, 0.1) is 24.2 Å². The second-order valence-electron chi connectivity index (χ2n) is 5.59. The van der Waals surface area contributed by atoms with E-state index < -0.39 is 5.97 Å². The lowest BCUT2D eigenvalue weighted by Crippen LogP contribution is -2.35. The van der Waals surface area contributed by atoms with E-state index in [1.165, 1.54) is 5.56 Å². The number of aryl methyl sites for hydroxylation is 1. The van der Waals surface area contributed by atoms with Crippen LogP contribution in [0.3, 0.4) is 0 Å². The number of likely N-dealkylation sites (tertiary alicyclic amines) is 1. The molecule has 1 N–H and O–H groups in total. The van der Waals surface area contributed by atoms with Crippen molar-refractivity contribution in [2.24, 2.45) is 5.92 Å². The summed E-state index contributed by atoms with van der Waals surface area (Å²) < 4.78 is 0. The third kappa shape index (κ3) is 3.82. The summed E-state index contributed by atoms with van der Waals surface area (Å²) in [5.41, 5.74) is 3.04. The number of hydrogen-bond donors (Lipinski definition) is 1. The third-order valence-corrected chi connectivity index (χ3v) is 3.93. The topological polar surface area (TPSA) is 64.3 Å². The molecule has 1 aliphatic heterocycles. The Morgan fingerprint density at radius 1 is 1.55 bits per heavy atom. The normalized spacial score (nSPS) is 19.5. The summed E-state index contributed by atoms with van der Waals surface area (Å²) in [6.07, 6.45) is 2.34. The van der Waals surface area contributed by atoms with E-state index in [-0.39, 0.29) is 12.3 Å². The van der Waals surface area contributed by atoms with Crippen molar-refractivity contribution in [1.29, 1.82) is 5.26 Å². The number of benzene rings is 1. The molecule has 1 aromatic carbocycles. The Hall–Kier alpha value is -1.86. The van der Waals surface area contributed by atoms with E-state index in [4.69, 9.17) is 10.4 Å². The zero-order valence-electron chi connectivity index (χ0n) is 11.8. The minimum atomic E-state index is -0.702. The molecule has 20 heavy (non-hydrogen) atoms. The van der Waals surface area contributed by atoms with Gasteiger partial charge >= 0.3 is 5.97 Å². The van der Waals surface area contributed by atoms with Crippen LogP contribution < -0.4 is 0 Å². The second kappa shape index (κ2) is 6.53. The van der Waals surface area contributed by atoms with E-state index in [2.05, 4.69) is 11.0 Å². The first-order chi connectivity index (χ1) is 9.58. The van der Waals surface area contributed by atoms with Gasteiger partial charge in [0, 0.05) is 19.5 Å². The molecule has 106 valence electrons. The maximum Gasteiger partial charge on any atom is 0.303 e. The third-order valence-electron chi connectivity index (χ3n) is 3.93. The fraction of sp³-hybridized carbons (Fsp3) is 0.500. The minimum absolute atomic E-state index is 0.264. The fourth-order valence-corrected chi connectivity index (χ4v) is 2.89. The van der Waals surface area contributed by atoms with Gasteiger partial charge in [0.1, 0.15) is 0 Å².